The lowest BCUT2D eigenvalue weighted by Crippen LogP contribution is -2.13. The van der Waals surface area contributed by atoms with E-state index < -0.39 is 11.9 Å². The fraction of sp³-hybridized carbons (Fsp3) is 0. The minimum absolute atomic E-state index is 0.0957. The van der Waals surface area contributed by atoms with Gasteiger partial charge < -0.3 is 10.4 Å². The highest BCUT2D eigenvalue weighted by atomic mass is 19.1. The molecule has 2 rings (SSSR count). The Morgan fingerprint density at radius 3 is 2.88 bits per heavy atom. The molecule has 0 spiro atoms. The van der Waals surface area contributed by atoms with Crippen molar-refractivity contribution in [2.75, 3.05) is 5.32 Å². The Bertz CT molecular complexity index is 560. The Balaban J connectivity index is 2.17. The van der Waals surface area contributed by atoms with E-state index >= 15 is 0 Å². The van der Waals surface area contributed by atoms with E-state index in [4.69, 9.17) is 5.11 Å². The van der Waals surface area contributed by atoms with Gasteiger partial charge in [-0.1, -0.05) is 6.07 Å². The van der Waals surface area contributed by atoms with E-state index in [2.05, 4.69) is 15.3 Å². The van der Waals surface area contributed by atoms with Gasteiger partial charge in [0.15, 0.2) is 0 Å². The highest BCUT2D eigenvalue weighted by Gasteiger charge is 2.08. The number of anilines is 1. The van der Waals surface area contributed by atoms with Gasteiger partial charge in [-0.3, -0.25) is 9.78 Å². The summed E-state index contributed by atoms with van der Waals surface area (Å²) < 4.78 is 12.8. The third-order valence-electron chi connectivity index (χ3n) is 1.94. The summed E-state index contributed by atoms with van der Waals surface area (Å²) in [6, 6.07) is 5.31. The summed E-state index contributed by atoms with van der Waals surface area (Å²) in [4.78, 5) is 18.8. The largest absolute Gasteiger partial charge is 0.506 e. The number of nitrogens with zero attached hydrogens (tertiary/aromatic N) is 2. The minimum atomic E-state index is -0.683. The van der Waals surface area contributed by atoms with Crippen molar-refractivity contribution in [3.63, 3.8) is 0 Å². The first-order valence-corrected chi connectivity index (χ1v) is 4.73. The lowest BCUT2D eigenvalue weighted by Gasteiger charge is -2.03. The number of hydrogen-bond acceptors (Lipinski definition) is 4. The number of rotatable bonds is 2. The standard InChI is InChI=1S/C11H8FN3O2/c12-9-2-1-3-10(14-9)15-11(17)7-4-8(16)6-13-5-7/h1-6,16H,(H,14,15,17). The van der Waals surface area contributed by atoms with Crippen LogP contribution in [0.15, 0.2) is 36.7 Å². The summed E-state index contributed by atoms with van der Waals surface area (Å²) in [5.41, 5.74) is 0.163. The monoisotopic (exact) mass is 233 g/mol. The summed E-state index contributed by atoms with van der Waals surface area (Å²) in [5, 5.41) is 11.5. The Morgan fingerprint density at radius 1 is 1.35 bits per heavy atom. The smallest absolute Gasteiger partial charge is 0.258 e. The lowest BCUT2D eigenvalue weighted by atomic mass is 10.2. The third kappa shape index (κ3) is 2.75. The van der Waals surface area contributed by atoms with Crippen molar-refractivity contribution in [3.05, 3.63) is 48.2 Å². The van der Waals surface area contributed by atoms with Gasteiger partial charge in [-0.2, -0.15) is 4.39 Å². The van der Waals surface area contributed by atoms with Crippen molar-refractivity contribution in [1.29, 1.82) is 0 Å². The predicted octanol–water partition coefficient (Wildman–Crippen LogP) is 1.57. The van der Waals surface area contributed by atoms with Gasteiger partial charge in [0.2, 0.25) is 5.95 Å². The summed E-state index contributed by atoms with van der Waals surface area (Å²) >= 11 is 0. The van der Waals surface area contributed by atoms with Gasteiger partial charge in [0.1, 0.15) is 11.6 Å². The number of nitrogens with one attached hydrogen (secondary N) is 1. The molecular formula is C11H8FN3O2. The van der Waals surface area contributed by atoms with E-state index in [1.165, 1.54) is 36.7 Å². The van der Waals surface area contributed by atoms with Gasteiger partial charge in [0, 0.05) is 6.20 Å². The number of carbonyl (C=O) groups excluding carboxylic acids is 1. The van der Waals surface area contributed by atoms with Crippen molar-refractivity contribution in [2.45, 2.75) is 0 Å². The zero-order valence-corrected chi connectivity index (χ0v) is 8.59. The van der Waals surface area contributed by atoms with Crippen LogP contribution in [0.3, 0.4) is 0 Å². The molecule has 1 amide bonds. The molecule has 2 aromatic heterocycles. The van der Waals surface area contributed by atoms with Crippen LogP contribution in [0, 0.1) is 5.95 Å². The molecule has 0 saturated heterocycles. The zero-order chi connectivity index (χ0) is 12.3. The maximum atomic E-state index is 12.8. The number of carbonyl (C=O) groups is 1. The molecule has 17 heavy (non-hydrogen) atoms. The van der Waals surface area contributed by atoms with Crippen LogP contribution in [0.25, 0.3) is 0 Å². The second-order valence-corrected chi connectivity index (χ2v) is 3.23. The second-order valence-electron chi connectivity index (χ2n) is 3.23. The van der Waals surface area contributed by atoms with E-state index in [0.29, 0.717) is 0 Å². The normalized spacial score (nSPS) is 9.94. The first-order chi connectivity index (χ1) is 8.15. The molecule has 0 aliphatic carbocycles. The molecule has 0 aliphatic rings. The van der Waals surface area contributed by atoms with Gasteiger partial charge >= 0.3 is 0 Å². The molecule has 5 nitrogen and oxygen atoms in total. The molecule has 2 heterocycles. The minimum Gasteiger partial charge on any atom is -0.506 e. The SMILES string of the molecule is O=C(Nc1cccc(F)n1)c1cncc(O)c1. The van der Waals surface area contributed by atoms with Crippen molar-refractivity contribution in [2.24, 2.45) is 0 Å². The molecule has 0 aliphatic heterocycles. The van der Waals surface area contributed by atoms with E-state index in [9.17, 15) is 9.18 Å². The number of aromatic nitrogens is 2. The van der Waals surface area contributed by atoms with Crippen LogP contribution in [0.4, 0.5) is 10.2 Å². The number of halogens is 1. The van der Waals surface area contributed by atoms with Crippen molar-refractivity contribution < 1.29 is 14.3 Å². The molecule has 2 aromatic rings. The number of amides is 1. The first-order valence-electron chi connectivity index (χ1n) is 4.73. The number of aromatic hydroxyl groups is 1. The van der Waals surface area contributed by atoms with Crippen molar-refractivity contribution >= 4 is 11.7 Å². The van der Waals surface area contributed by atoms with Gasteiger partial charge in [-0.05, 0) is 18.2 Å². The molecule has 6 heteroatoms. The fourth-order valence-corrected chi connectivity index (χ4v) is 1.22. The molecule has 0 atom stereocenters. The van der Waals surface area contributed by atoms with Crippen LogP contribution in [0.5, 0.6) is 5.75 Å². The fourth-order valence-electron chi connectivity index (χ4n) is 1.22. The van der Waals surface area contributed by atoms with E-state index in [1.54, 1.807) is 0 Å². The summed E-state index contributed by atoms with van der Waals surface area (Å²) in [6.45, 7) is 0. The summed E-state index contributed by atoms with van der Waals surface area (Å²) in [5.74, 6) is -1.23. The van der Waals surface area contributed by atoms with Crippen LogP contribution >= 0.6 is 0 Å². The summed E-state index contributed by atoms with van der Waals surface area (Å²) in [7, 11) is 0. The molecule has 0 unspecified atom stereocenters. The van der Waals surface area contributed by atoms with Crippen LogP contribution in [-0.2, 0) is 0 Å². The van der Waals surface area contributed by atoms with Gasteiger partial charge in [0.05, 0.1) is 11.8 Å². The molecule has 86 valence electrons. The van der Waals surface area contributed by atoms with Crippen LogP contribution in [0.1, 0.15) is 10.4 Å². The van der Waals surface area contributed by atoms with Gasteiger partial charge in [0.25, 0.3) is 5.91 Å². The van der Waals surface area contributed by atoms with Gasteiger partial charge in [-0.25, -0.2) is 4.98 Å². The zero-order valence-electron chi connectivity index (χ0n) is 8.59. The molecule has 2 N–H and O–H groups in total. The average Bonchev–Trinajstić information content (AvgIpc) is 2.29. The highest BCUT2D eigenvalue weighted by Crippen LogP contribution is 2.11. The molecular weight excluding hydrogens is 225 g/mol. The molecule has 0 saturated carbocycles. The number of hydrogen-bond donors (Lipinski definition) is 2. The third-order valence-corrected chi connectivity index (χ3v) is 1.94. The Morgan fingerprint density at radius 2 is 2.18 bits per heavy atom. The predicted molar refractivity (Wildman–Crippen MR) is 58.1 cm³/mol. The van der Waals surface area contributed by atoms with Crippen LogP contribution < -0.4 is 5.32 Å². The van der Waals surface area contributed by atoms with Crippen LogP contribution in [-0.4, -0.2) is 21.0 Å². The lowest BCUT2D eigenvalue weighted by molar-refractivity contribution is 0.102. The average molecular weight is 233 g/mol. The molecule has 0 fully saturated rings. The second kappa shape index (κ2) is 4.56. The Labute approximate surface area is 96.0 Å². The van der Waals surface area contributed by atoms with Gasteiger partial charge in [-0.15, -0.1) is 0 Å². The van der Waals surface area contributed by atoms with Crippen molar-refractivity contribution in [3.8, 4) is 5.75 Å². The Kier molecular flexibility index (Phi) is 2.95. The van der Waals surface area contributed by atoms with Crippen LogP contribution in [0.2, 0.25) is 0 Å². The summed E-state index contributed by atoms with van der Waals surface area (Å²) in [6.07, 6.45) is 2.49. The Hall–Kier alpha value is -2.50. The molecule has 0 bridgehead atoms. The quantitative estimate of drug-likeness (QED) is 0.772. The maximum Gasteiger partial charge on any atom is 0.258 e. The van der Waals surface area contributed by atoms with E-state index in [0.717, 1.165) is 0 Å². The number of pyridine rings is 2. The topological polar surface area (TPSA) is 75.1 Å². The maximum absolute atomic E-state index is 12.8. The molecule has 0 radical (unpaired) electrons. The molecule has 0 aromatic carbocycles. The highest BCUT2D eigenvalue weighted by molar-refractivity contribution is 6.03. The first kappa shape index (κ1) is 11.0. The van der Waals surface area contributed by atoms with Crippen molar-refractivity contribution in [1.82, 2.24) is 9.97 Å². The van der Waals surface area contributed by atoms with E-state index in [1.807, 2.05) is 0 Å². The van der Waals surface area contributed by atoms with E-state index in [-0.39, 0.29) is 17.1 Å².